The van der Waals surface area contributed by atoms with Crippen molar-refractivity contribution in [3.05, 3.63) is 95.1 Å². The molecular weight excluding hydrogens is 478 g/mol. The number of benzene rings is 3. The van der Waals surface area contributed by atoms with Gasteiger partial charge in [0.1, 0.15) is 0 Å². The summed E-state index contributed by atoms with van der Waals surface area (Å²) in [6.45, 7) is 0. The van der Waals surface area contributed by atoms with E-state index >= 15 is 0 Å². The lowest BCUT2D eigenvalue weighted by atomic mass is 9.97. The monoisotopic (exact) mass is 497 g/mol. The fourth-order valence-corrected chi connectivity index (χ4v) is 4.10. The molecule has 0 fully saturated rings. The molecule has 2 heterocycles. The van der Waals surface area contributed by atoms with Crippen LogP contribution in [-0.2, 0) is 0 Å². The Morgan fingerprint density at radius 3 is 2.47 bits per heavy atom. The third-order valence-electron chi connectivity index (χ3n) is 5.54. The van der Waals surface area contributed by atoms with E-state index in [9.17, 15) is 9.59 Å². The van der Waals surface area contributed by atoms with Crippen molar-refractivity contribution < 1.29 is 9.59 Å². The summed E-state index contributed by atoms with van der Waals surface area (Å²) in [7, 11) is 1.58. The average molecular weight is 498 g/mol. The number of primary amides is 1. The Labute approximate surface area is 211 Å². The maximum absolute atomic E-state index is 12.0. The van der Waals surface area contributed by atoms with Gasteiger partial charge in [0.15, 0.2) is 11.5 Å². The molecule has 0 bridgehead atoms. The van der Waals surface area contributed by atoms with Crippen molar-refractivity contribution in [2.75, 3.05) is 12.4 Å². The normalized spacial score (nSPS) is 10.8. The first-order chi connectivity index (χ1) is 17.4. The van der Waals surface area contributed by atoms with Crippen molar-refractivity contribution in [3.63, 3.8) is 0 Å². The Morgan fingerprint density at radius 1 is 0.972 bits per heavy atom. The van der Waals surface area contributed by atoms with Gasteiger partial charge in [0.25, 0.3) is 5.91 Å². The zero-order valence-corrected chi connectivity index (χ0v) is 19.8. The third-order valence-corrected chi connectivity index (χ3v) is 5.76. The number of rotatable bonds is 6. The third kappa shape index (κ3) is 4.47. The molecule has 0 radical (unpaired) electrons. The predicted molar refractivity (Wildman–Crippen MR) is 138 cm³/mol. The van der Waals surface area contributed by atoms with Crippen LogP contribution in [0.5, 0.6) is 0 Å². The zero-order chi connectivity index (χ0) is 25.2. The molecule has 0 saturated carbocycles. The Balaban J connectivity index is 1.53. The minimum Gasteiger partial charge on any atom is -0.366 e. The van der Waals surface area contributed by atoms with Crippen LogP contribution in [0.15, 0.2) is 79.0 Å². The number of nitrogens with two attached hydrogens (primary N) is 1. The van der Waals surface area contributed by atoms with E-state index in [1.54, 1.807) is 72.4 Å². The van der Waals surface area contributed by atoms with Crippen molar-refractivity contribution in [2.24, 2.45) is 5.73 Å². The summed E-state index contributed by atoms with van der Waals surface area (Å²) in [5, 5.41) is 10.8. The number of aromatic nitrogens is 4. The predicted octanol–water partition coefficient (Wildman–Crippen LogP) is 4.31. The van der Waals surface area contributed by atoms with E-state index in [0.29, 0.717) is 44.7 Å². The van der Waals surface area contributed by atoms with Gasteiger partial charge in [-0.25, -0.2) is 4.98 Å². The molecule has 36 heavy (non-hydrogen) atoms. The highest BCUT2D eigenvalue weighted by Gasteiger charge is 2.15. The van der Waals surface area contributed by atoms with Crippen LogP contribution in [-0.4, -0.2) is 38.4 Å². The van der Waals surface area contributed by atoms with E-state index < -0.39 is 5.91 Å². The van der Waals surface area contributed by atoms with Crippen molar-refractivity contribution in [2.45, 2.75) is 0 Å². The number of nitrogens with one attached hydrogen (secondary N) is 2. The zero-order valence-electron chi connectivity index (χ0n) is 19.1. The lowest BCUT2D eigenvalue weighted by Crippen LogP contribution is -2.17. The molecule has 3 aromatic carbocycles. The van der Waals surface area contributed by atoms with E-state index in [1.807, 2.05) is 18.2 Å². The fourth-order valence-electron chi connectivity index (χ4n) is 3.87. The van der Waals surface area contributed by atoms with Crippen LogP contribution in [0, 0.1) is 0 Å². The summed E-state index contributed by atoms with van der Waals surface area (Å²) >= 11 is 6.46. The van der Waals surface area contributed by atoms with Gasteiger partial charge in [0.05, 0.1) is 0 Å². The quantitative estimate of drug-likeness (QED) is 0.320. The Morgan fingerprint density at radius 2 is 1.72 bits per heavy atom. The second-order valence-corrected chi connectivity index (χ2v) is 8.33. The number of fused-ring (bicyclic) bond motifs is 1. The molecule has 10 heteroatoms. The van der Waals surface area contributed by atoms with Gasteiger partial charge in [0.2, 0.25) is 11.9 Å². The van der Waals surface area contributed by atoms with Crippen molar-refractivity contribution >= 4 is 40.7 Å². The first-order valence-corrected chi connectivity index (χ1v) is 11.3. The van der Waals surface area contributed by atoms with Gasteiger partial charge in [-0.05, 0) is 59.7 Å². The number of amides is 2. The second kappa shape index (κ2) is 9.47. The van der Waals surface area contributed by atoms with Crippen LogP contribution in [0.1, 0.15) is 20.7 Å². The topological polar surface area (TPSA) is 127 Å². The SMILES string of the molecule is CNC(=O)c1ccc(Nc2nc3ccnc(-c4cc(Cl)cc(-c5ccccc5C(N)=O)c4)n3n2)cc1. The molecule has 0 aliphatic rings. The second-order valence-electron chi connectivity index (χ2n) is 7.89. The van der Waals surface area contributed by atoms with Gasteiger partial charge in [0, 0.05) is 46.7 Å². The molecule has 2 amide bonds. The largest absolute Gasteiger partial charge is 0.366 e. The summed E-state index contributed by atoms with van der Waals surface area (Å²) < 4.78 is 1.61. The van der Waals surface area contributed by atoms with Gasteiger partial charge in [-0.3, -0.25) is 9.59 Å². The van der Waals surface area contributed by atoms with E-state index in [1.165, 1.54) is 0 Å². The van der Waals surface area contributed by atoms with Crippen LogP contribution >= 0.6 is 11.6 Å². The van der Waals surface area contributed by atoms with E-state index in [2.05, 4.69) is 25.7 Å². The number of anilines is 2. The molecule has 0 saturated heterocycles. The van der Waals surface area contributed by atoms with Crippen LogP contribution in [0.25, 0.3) is 28.2 Å². The molecule has 0 aliphatic heterocycles. The molecule has 5 rings (SSSR count). The number of carbonyl (C=O) groups is 2. The number of hydrogen-bond donors (Lipinski definition) is 3. The molecule has 2 aromatic heterocycles. The van der Waals surface area contributed by atoms with Gasteiger partial charge in [-0.1, -0.05) is 29.8 Å². The van der Waals surface area contributed by atoms with Gasteiger partial charge >= 0.3 is 0 Å². The van der Waals surface area contributed by atoms with E-state index in [0.717, 1.165) is 11.3 Å². The van der Waals surface area contributed by atoms with Gasteiger partial charge < -0.3 is 16.4 Å². The molecule has 0 spiro atoms. The van der Waals surface area contributed by atoms with E-state index in [-0.39, 0.29) is 5.91 Å². The highest BCUT2D eigenvalue weighted by atomic mass is 35.5. The Kier molecular flexibility index (Phi) is 6.05. The lowest BCUT2D eigenvalue weighted by molar-refractivity contribution is 0.0961. The summed E-state index contributed by atoms with van der Waals surface area (Å²) in [5.41, 5.74) is 9.90. The smallest absolute Gasteiger partial charge is 0.251 e. The molecule has 178 valence electrons. The van der Waals surface area contributed by atoms with Crippen LogP contribution in [0.4, 0.5) is 11.6 Å². The molecular formula is C26H20ClN7O2. The van der Waals surface area contributed by atoms with Crippen LogP contribution < -0.4 is 16.4 Å². The van der Waals surface area contributed by atoms with Crippen molar-refractivity contribution in [1.82, 2.24) is 24.9 Å². The highest BCUT2D eigenvalue weighted by Crippen LogP contribution is 2.31. The molecule has 4 N–H and O–H groups in total. The summed E-state index contributed by atoms with van der Waals surface area (Å²) in [6, 6.07) is 21.2. The van der Waals surface area contributed by atoms with Crippen molar-refractivity contribution in [3.8, 4) is 22.5 Å². The molecule has 0 unspecified atom stereocenters. The number of halogens is 1. The molecule has 5 aromatic rings. The first kappa shape index (κ1) is 23.0. The summed E-state index contributed by atoms with van der Waals surface area (Å²) in [6.07, 6.45) is 1.64. The van der Waals surface area contributed by atoms with E-state index in [4.69, 9.17) is 17.3 Å². The summed E-state index contributed by atoms with van der Waals surface area (Å²) in [4.78, 5) is 32.8. The van der Waals surface area contributed by atoms with Crippen LogP contribution in [0.2, 0.25) is 5.02 Å². The molecule has 9 nitrogen and oxygen atoms in total. The average Bonchev–Trinajstić information content (AvgIpc) is 3.30. The Hall–Kier alpha value is -4.76. The summed E-state index contributed by atoms with van der Waals surface area (Å²) in [5.74, 6) is 0.187. The number of nitrogens with zero attached hydrogens (tertiary/aromatic N) is 4. The van der Waals surface area contributed by atoms with Crippen LogP contribution in [0.3, 0.4) is 0 Å². The van der Waals surface area contributed by atoms with Crippen molar-refractivity contribution in [1.29, 1.82) is 0 Å². The molecule has 0 aliphatic carbocycles. The lowest BCUT2D eigenvalue weighted by Gasteiger charge is -2.10. The minimum atomic E-state index is -0.525. The minimum absolute atomic E-state index is 0.164. The standard InChI is InChI=1S/C26H20ClN7O2/c1-29-25(36)15-6-8-19(9-7-15)31-26-32-22-10-11-30-24(34(22)33-26)17-12-16(13-18(27)14-17)20-4-2-3-5-21(20)23(28)35/h2-14H,1H3,(H2,28,35)(H,29,36)(H,31,33). The Bertz CT molecular complexity index is 1610. The highest BCUT2D eigenvalue weighted by molar-refractivity contribution is 6.31. The first-order valence-electron chi connectivity index (χ1n) is 10.9. The fraction of sp³-hybridized carbons (Fsp3) is 0.0385. The number of hydrogen-bond acceptors (Lipinski definition) is 6. The number of carbonyl (C=O) groups excluding carboxylic acids is 2. The van der Waals surface area contributed by atoms with Gasteiger partial charge in [-0.15, -0.1) is 5.10 Å². The molecule has 0 atom stereocenters. The maximum Gasteiger partial charge on any atom is 0.251 e. The van der Waals surface area contributed by atoms with Gasteiger partial charge in [-0.2, -0.15) is 9.50 Å². The maximum atomic E-state index is 12.0.